The van der Waals surface area contributed by atoms with E-state index in [4.69, 9.17) is 4.74 Å². The molecule has 0 bridgehead atoms. The molecule has 6 nitrogen and oxygen atoms in total. The monoisotopic (exact) mass is 395 g/mol. The van der Waals surface area contributed by atoms with E-state index in [9.17, 15) is 0 Å². The highest BCUT2D eigenvalue weighted by molar-refractivity contribution is 9.10. The molecule has 0 spiro atoms. The fourth-order valence-electron chi connectivity index (χ4n) is 2.66. The van der Waals surface area contributed by atoms with Crippen LogP contribution in [0.25, 0.3) is 22.2 Å². The molecule has 0 fully saturated rings. The summed E-state index contributed by atoms with van der Waals surface area (Å²) in [5.74, 6) is 1.38. The highest BCUT2D eigenvalue weighted by Gasteiger charge is 2.13. The van der Waals surface area contributed by atoms with E-state index in [0.29, 0.717) is 16.1 Å². The van der Waals surface area contributed by atoms with Crippen LogP contribution in [0.1, 0.15) is 0 Å². The third-order valence-electron chi connectivity index (χ3n) is 3.87. The molecule has 2 aromatic heterocycles. The Bertz CT molecular complexity index is 1030. The van der Waals surface area contributed by atoms with Crippen LogP contribution in [-0.4, -0.2) is 27.3 Å². The number of aromatic amines is 1. The van der Waals surface area contributed by atoms with Gasteiger partial charge in [-0.05, 0) is 39.2 Å². The maximum absolute atomic E-state index is 5.49. The minimum Gasteiger partial charge on any atom is -0.495 e. The van der Waals surface area contributed by atoms with Crippen LogP contribution in [-0.2, 0) is 0 Å². The van der Waals surface area contributed by atoms with Crippen molar-refractivity contribution in [2.75, 3.05) is 12.4 Å². The second kappa shape index (κ2) is 6.52. The van der Waals surface area contributed by atoms with E-state index in [-0.39, 0.29) is 0 Å². The lowest BCUT2D eigenvalue weighted by Gasteiger charge is -2.13. The molecule has 2 heterocycles. The van der Waals surface area contributed by atoms with Crippen LogP contribution < -0.4 is 10.1 Å². The Kier molecular flexibility index (Phi) is 4.07. The number of H-pyrrole nitrogens is 1. The summed E-state index contributed by atoms with van der Waals surface area (Å²) in [5.41, 5.74) is 3.69. The molecule has 4 rings (SSSR count). The van der Waals surface area contributed by atoms with Crippen LogP contribution in [0.15, 0.2) is 59.5 Å². The van der Waals surface area contributed by atoms with Crippen molar-refractivity contribution in [3.05, 3.63) is 59.5 Å². The average molecular weight is 396 g/mol. The molecule has 0 aliphatic heterocycles. The van der Waals surface area contributed by atoms with Gasteiger partial charge in [-0.25, -0.2) is 9.97 Å². The van der Waals surface area contributed by atoms with Gasteiger partial charge >= 0.3 is 0 Å². The standard InChI is InChI=1S/C18H14BrN5O/c1-25-14-8-7-12(11-5-3-2-4-6-11)9-13(14)22-17-15-16(19)23-24-18(15)21-10-20-17/h2-10H,1H3,(H2,20,21,22,23,24). The average Bonchev–Trinajstić information content (AvgIpc) is 3.04. The number of ether oxygens (including phenoxy) is 1. The number of hydrogen-bond donors (Lipinski definition) is 2. The first kappa shape index (κ1) is 15.6. The molecular formula is C18H14BrN5O. The van der Waals surface area contributed by atoms with Gasteiger partial charge in [-0.2, -0.15) is 5.10 Å². The lowest BCUT2D eigenvalue weighted by atomic mass is 10.0. The molecule has 0 saturated heterocycles. The summed E-state index contributed by atoms with van der Waals surface area (Å²) in [6, 6.07) is 16.2. The van der Waals surface area contributed by atoms with E-state index in [2.05, 4.69) is 53.5 Å². The summed E-state index contributed by atoms with van der Waals surface area (Å²) in [6.45, 7) is 0. The van der Waals surface area contributed by atoms with Crippen LogP contribution in [0.2, 0.25) is 0 Å². The van der Waals surface area contributed by atoms with Gasteiger partial charge in [0.05, 0.1) is 18.2 Å². The highest BCUT2D eigenvalue weighted by Crippen LogP contribution is 2.34. The maximum Gasteiger partial charge on any atom is 0.161 e. The molecule has 0 amide bonds. The van der Waals surface area contributed by atoms with Gasteiger partial charge in [0.15, 0.2) is 5.65 Å². The highest BCUT2D eigenvalue weighted by atomic mass is 79.9. The molecule has 4 aromatic rings. The van der Waals surface area contributed by atoms with Crippen LogP contribution in [0.5, 0.6) is 5.75 Å². The van der Waals surface area contributed by atoms with Crippen molar-refractivity contribution >= 4 is 38.5 Å². The largest absolute Gasteiger partial charge is 0.495 e. The minimum absolute atomic E-state index is 0.647. The smallest absolute Gasteiger partial charge is 0.161 e. The molecule has 0 unspecified atom stereocenters. The second-order valence-electron chi connectivity index (χ2n) is 5.37. The van der Waals surface area contributed by atoms with Crippen LogP contribution in [0.4, 0.5) is 11.5 Å². The third-order valence-corrected chi connectivity index (χ3v) is 4.45. The van der Waals surface area contributed by atoms with Crippen molar-refractivity contribution in [1.29, 1.82) is 0 Å². The summed E-state index contributed by atoms with van der Waals surface area (Å²) in [5, 5.41) is 11.1. The van der Waals surface area contributed by atoms with Gasteiger partial charge in [0, 0.05) is 0 Å². The van der Waals surface area contributed by atoms with Gasteiger partial charge in [-0.3, -0.25) is 5.10 Å². The number of nitrogens with zero attached hydrogens (tertiary/aromatic N) is 3. The lowest BCUT2D eigenvalue weighted by Crippen LogP contribution is -1.98. The van der Waals surface area contributed by atoms with E-state index in [1.165, 1.54) is 6.33 Å². The Morgan fingerprint density at radius 1 is 1.04 bits per heavy atom. The van der Waals surface area contributed by atoms with Crippen molar-refractivity contribution in [2.45, 2.75) is 0 Å². The predicted molar refractivity (Wildman–Crippen MR) is 101 cm³/mol. The van der Waals surface area contributed by atoms with Crippen LogP contribution in [0, 0.1) is 0 Å². The summed E-state index contributed by atoms with van der Waals surface area (Å²) in [7, 11) is 1.64. The molecule has 25 heavy (non-hydrogen) atoms. The number of aromatic nitrogens is 4. The first-order valence-electron chi connectivity index (χ1n) is 7.61. The molecular weight excluding hydrogens is 382 g/mol. The van der Waals surface area contributed by atoms with Crippen molar-refractivity contribution in [3.63, 3.8) is 0 Å². The molecule has 0 atom stereocenters. The van der Waals surface area contributed by atoms with Gasteiger partial charge in [0.25, 0.3) is 0 Å². The number of rotatable bonds is 4. The van der Waals surface area contributed by atoms with Crippen molar-refractivity contribution in [2.24, 2.45) is 0 Å². The lowest BCUT2D eigenvalue weighted by molar-refractivity contribution is 0.417. The number of fused-ring (bicyclic) bond motifs is 1. The number of nitrogens with one attached hydrogen (secondary N) is 2. The Morgan fingerprint density at radius 2 is 1.88 bits per heavy atom. The normalized spacial score (nSPS) is 10.8. The SMILES string of the molecule is COc1ccc(-c2ccccc2)cc1Nc1ncnc2[nH]nc(Br)c12. The molecule has 0 aliphatic carbocycles. The number of hydrogen-bond acceptors (Lipinski definition) is 5. The summed E-state index contributed by atoms with van der Waals surface area (Å²) in [6.07, 6.45) is 1.49. The van der Waals surface area contributed by atoms with Crippen molar-refractivity contribution < 1.29 is 4.74 Å². The zero-order valence-electron chi connectivity index (χ0n) is 13.3. The number of anilines is 2. The summed E-state index contributed by atoms with van der Waals surface area (Å²) in [4.78, 5) is 8.53. The topological polar surface area (TPSA) is 75.7 Å². The molecule has 124 valence electrons. The molecule has 0 aliphatic rings. The van der Waals surface area contributed by atoms with Crippen LogP contribution >= 0.6 is 15.9 Å². The third kappa shape index (κ3) is 2.94. The predicted octanol–water partition coefficient (Wildman–Crippen LogP) is 4.53. The van der Waals surface area contributed by atoms with Crippen LogP contribution in [0.3, 0.4) is 0 Å². The fourth-order valence-corrected chi connectivity index (χ4v) is 3.13. The van der Waals surface area contributed by atoms with Gasteiger partial charge in [-0.15, -0.1) is 0 Å². The quantitative estimate of drug-likeness (QED) is 0.530. The zero-order chi connectivity index (χ0) is 17.2. The molecule has 2 N–H and O–H groups in total. The van der Waals surface area contributed by atoms with Crippen molar-refractivity contribution in [3.8, 4) is 16.9 Å². The second-order valence-corrected chi connectivity index (χ2v) is 6.12. The zero-order valence-corrected chi connectivity index (χ0v) is 14.9. The van der Waals surface area contributed by atoms with E-state index < -0.39 is 0 Å². The minimum atomic E-state index is 0.647. The first-order chi connectivity index (χ1) is 12.3. The molecule has 2 aromatic carbocycles. The number of halogens is 1. The van der Waals surface area contributed by atoms with Gasteiger partial charge in [-0.1, -0.05) is 36.4 Å². The maximum atomic E-state index is 5.49. The van der Waals surface area contributed by atoms with E-state index in [0.717, 1.165) is 28.0 Å². The Hall–Kier alpha value is -2.93. The van der Waals surface area contributed by atoms with E-state index >= 15 is 0 Å². The van der Waals surface area contributed by atoms with Crippen molar-refractivity contribution in [1.82, 2.24) is 20.2 Å². The molecule has 0 saturated carbocycles. The van der Waals surface area contributed by atoms with Gasteiger partial charge in [0.2, 0.25) is 0 Å². The number of methoxy groups -OCH3 is 1. The number of benzene rings is 2. The van der Waals surface area contributed by atoms with Gasteiger partial charge in [0.1, 0.15) is 22.5 Å². The fraction of sp³-hybridized carbons (Fsp3) is 0.0556. The van der Waals surface area contributed by atoms with E-state index in [1.54, 1.807) is 7.11 Å². The molecule has 7 heteroatoms. The summed E-state index contributed by atoms with van der Waals surface area (Å²) >= 11 is 3.42. The Balaban J connectivity index is 1.80. The van der Waals surface area contributed by atoms with Gasteiger partial charge < -0.3 is 10.1 Å². The molecule has 0 radical (unpaired) electrons. The van der Waals surface area contributed by atoms with E-state index in [1.807, 2.05) is 36.4 Å². The Labute approximate surface area is 152 Å². The summed E-state index contributed by atoms with van der Waals surface area (Å²) < 4.78 is 6.15. The Morgan fingerprint density at radius 3 is 2.68 bits per heavy atom. The first-order valence-corrected chi connectivity index (χ1v) is 8.40.